The van der Waals surface area contributed by atoms with Gasteiger partial charge >= 0.3 is 0 Å². The number of nitrogens with zero attached hydrogens (tertiary/aromatic N) is 3. The lowest BCUT2D eigenvalue weighted by Crippen LogP contribution is -2.16. The van der Waals surface area contributed by atoms with Crippen molar-refractivity contribution in [2.24, 2.45) is 0 Å². The number of aromatic nitrogens is 2. The molecule has 0 saturated heterocycles. The lowest BCUT2D eigenvalue weighted by atomic mass is 10.2. The maximum Gasteiger partial charge on any atom is 0.274 e. The van der Waals surface area contributed by atoms with Crippen LogP contribution in [-0.4, -0.2) is 15.9 Å². The number of carbonyl (C=O) groups excluding carboxylic acids is 1. The highest BCUT2D eigenvalue weighted by Crippen LogP contribution is 2.19. The van der Waals surface area contributed by atoms with Crippen LogP contribution in [0, 0.1) is 29.9 Å². The molecule has 0 aliphatic heterocycles. The van der Waals surface area contributed by atoms with E-state index in [9.17, 15) is 13.6 Å². The van der Waals surface area contributed by atoms with Crippen molar-refractivity contribution in [1.29, 1.82) is 5.26 Å². The van der Waals surface area contributed by atoms with Crippen LogP contribution in [0.3, 0.4) is 0 Å². The molecule has 6 nitrogen and oxygen atoms in total. The van der Waals surface area contributed by atoms with Gasteiger partial charge < -0.3 is 10.6 Å². The standard InChI is InChI=1S/C19H13F2N5O/c1-11-8-17(18(27)24-13-6-7-14(20)15(21)9-13)26-19(23-11)25-16-5-3-2-4-12(16)10-22/h2-9H,1H3,(H,24,27)(H,23,25,26). The number of aryl methyl sites for hydroxylation is 1. The number of hydrogen-bond acceptors (Lipinski definition) is 5. The Labute approximate surface area is 153 Å². The van der Waals surface area contributed by atoms with E-state index in [1.165, 1.54) is 12.1 Å². The van der Waals surface area contributed by atoms with Crippen LogP contribution >= 0.6 is 0 Å². The lowest BCUT2D eigenvalue weighted by molar-refractivity contribution is 0.102. The van der Waals surface area contributed by atoms with Crippen molar-refractivity contribution in [2.75, 3.05) is 10.6 Å². The number of hydrogen-bond donors (Lipinski definition) is 2. The zero-order valence-corrected chi connectivity index (χ0v) is 14.1. The maximum atomic E-state index is 13.3. The van der Waals surface area contributed by atoms with Gasteiger partial charge in [-0.2, -0.15) is 5.26 Å². The predicted octanol–water partition coefficient (Wildman–Crippen LogP) is 3.93. The first-order valence-electron chi connectivity index (χ1n) is 7.84. The van der Waals surface area contributed by atoms with Gasteiger partial charge in [0.2, 0.25) is 5.95 Å². The van der Waals surface area contributed by atoms with E-state index in [0.717, 1.165) is 12.1 Å². The highest BCUT2D eigenvalue weighted by atomic mass is 19.2. The van der Waals surface area contributed by atoms with E-state index in [1.54, 1.807) is 31.2 Å². The van der Waals surface area contributed by atoms with E-state index in [4.69, 9.17) is 5.26 Å². The molecule has 134 valence electrons. The summed E-state index contributed by atoms with van der Waals surface area (Å²) in [7, 11) is 0. The van der Waals surface area contributed by atoms with Crippen LogP contribution in [0.25, 0.3) is 0 Å². The summed E-state index contributed by atoms with van der Waals surface area (Å²) in [6, 6.07) is 13.3. The summed E-state index contributed by atoms with van der Waals surface area (Å²) in [5.74, 6) is -2.55. The number of carbonyl (C=O) groups is 1. The zero-order chi connectivity index (χ0) is 19.4. The Morgan fingerprint density at radius 2 is 1.85 bits per heavy atom. The Hall–Kier alpha value is -3.86. The summed E-state index contributed by atoms with van der Waals surface area (Å²) in [5.41, 5.74) is 1.54. The highest BCUT2D eigenvalue weighted by Gasteiger charge is 2.13. The predicted molar refractivity (Wildman–Crippen MR) is 95.5 cm³/mol. The fraction of sp³-hybridized carbons (Fsp3) is 0.0526. The van der Waals surface area contributed by atoms with Gasteiger partial charge in [-0.1, -0.05) is 12.1 Å². The summed E-state index contributed by atoms with van der Waals surface area (Å²) >= 11 is 0. The van der Waals surface area contributed by atoms with E-state index in [2.05, 4.69) is 20.6 Å². The Balaban J connectivity index is 1.85. The third-order valence-electron chi connectivity index (χ3n) is 3.56. The van der Waals surface area contributed by atoms with Gasteiger partial charge in [0.15, 0.2) is 11.6 Å². The Morgan fingerprint density at radius 1 is 1.07 bits per heavy atom. The van der Waals surface area contributed by atoms with Gasteiger partial charge in [0.1, 0.15) is 11.8 Å². The van der Waals surface area contributed by atoms with E-state index < -0.39 is 17.5 Å². The van der Waals surface area contributed by atoms with Crippen LogP contribution in [0.2, 0.25) is 0 Å². The molecule has 0 saturated carbocycles. The van der Waals surface area contributed by atoms with Crippen molar-refractivity contribution < 1.29 is 13.6 Å². The molecule has 1 amide bonds. The number of amides is 1. The van der Waals surface area contributed by atoms with Gasteiger partial charge in [0.25, 0.3) is 5.91 Å². The summed E-state index contributed by atoms with van der Waals surface area (Å²) < 4.78 is 26.3. The van der Waals surface area contributed by atoms with Crippen LogP contribution in [0.15, 0.2) is 48.5 Å². The fourth-order valence-electron chi connectivity index (χ4n) is 2.32. The molecule has 0 unspecified atom stereocenters. The number of nitrogens with one attached hydrogen (secondary N) is 2. The van der Waals surface area contributed by atoms with Crippen LogP contribution in [0.4, 0.5) is 26.1 Å². The quantitative estimate of drug-likeness (QED) is 0.731. The minimum Gasteiger partial charge on any atom is -0.323 e. The van der Waals surface area contributed by atoms with Crippen LogP contribution in [-0.2, 0) is 0 Å². The van der Waals surface area contributed by atoms with E-state index >= 15 is 0 Å². The molecule has 27 heavy (non-hydrogen) atoms. The van der Waals surface area contributed by atoms with Gasteiger partial charge in [0, 0.05) is 17.4 Å². The number of anilines is 3. The second-order valence-corrected chi connectivity index (χ2v) is 5.58. The van der Waals surface area contributed by atoms with Gasteiger partial charge in [-0.3, -0.25) is 4.79 Å². The molecule has 3 aromatic rings. The molecule has 0 spiro atoms. The number of para-hydroxylation sites is 1. The van der Waals surface area contributed by atoms with Crippen molar-refractivity contribution in [2.45, 2.75) is 6.92 Å². The minimum absolute atomic E-state index is 0.0316. The minimum atomic E-state index is -1.07. The third-order valence-corrected chi connectivity index (χ3v) is 3.56. The van der Waals surface area contributed by atoms with Crippen LogP contribution < -0.4 is 10.6 Å². The average molecular weight is 365 g/mol. The van der Waals surface area contributed by atoms with Gasteiger partial charge in [-0.15, -0.1) is 0 Å². The average Bonchev–Trinajstić information content (AvgIpc) is 2.64. The van der Waals surface area contributed by atoms with Crippen molar-refractivity contribution in [3.63, 3.8) is 0 Å². The largest absolute Gasteiger partial charge is 0.323 e. The second kappa shape index (κ2) is 7.58. The molecular formula is C19H13F2N5O. The molecule has 0 radical (unpaired) electrons. The van der Waals surface area contributed by atoms with Gasteiger partial charge in [-0.25, -0.2) is 18.7 Å². The number of halogens is 2. The molecule has 8 heteroatoms. The smallest absolute Gasteiger partial charge is 0.274 e. The fourth-order valence-corrected chi connectivity index (χ4v) is 2.32. The van der Waals surface area contributed by atoms with E-state index in [-0.39, 0.29) is 17.3 Å². The Kier molecular flexibility index (Phi) is 5.04. The SMILES string of the molecule is Cc1cc(C(=O)Nc2ccc(F)c(F)c2)nc(Nc2ccccc2C#N)n1. The summed E-state index contributed by atoms with van der Waals surface area (Å²) in [6.07, 6.45) is 0. The van der Waals surface area contributed by atoms with Crippen molar-refractivity contribution >= 4 is 23.2 Å². The summed E-state index contributed by atoms with van der Waals surface area (Å²) in [6.45, 7) is 1.68. The lowest BCUT2D eigenvalue weighted by Gasteiger charge is -2.10. The molecule has 0 aliphatic rings. The maximum absolute atomic E-state index is 13.3. The Bertz CT molecular complexity index is 1060. The molecule has 0 bridgehead atoms. The van der Waals surface area contributed by atoms with Crippen LogP contribution in [0.1, 0.15) is 21.7 Å². The van der Waals surface area contributed by atoms with Crippen molar-refractivity contribution in [3.8, 4) is 6.07 Å². The highest BCUT2D eigenvalue weighted by molar-refractivity contribution is 6.03. The summed E-state index contributed by atoms with van der Waals surface area (Å²) in [5, 5.41) is 14.5. The van der Waals surface area contributed by atoms with E-state index in [1.807, 2.05) is 6.07 Å². The molecule has 1 heterocycles. The monoisotopic (exact) mass is 365 g/mol. The van der Waals surface area contributed by atoms with Crippen LogP contribution in [0.5, 0.6) is 0 Å². The second-order valence-electron chi connectivity index (χ2n) is 5.58. The first-order chi connectivity index (χ1) is 13.0. The van der Waals surface area contributed by atoms with E-state index in [0.29, 0.717) is 16.9 Å². The molecule has 2 aromatic carbocycles. The number of rotatable bonds is 4. The van der Waals surface area contributed by atoms with Gasteiger partial charge in [-0.05, 0) is 37.3 Å². The number of benzene rings is 2. The number of nitriles is 1. The summed E-state index contributed by atoms with van der Waals surface area (Å²) in [4.78, 5) is 20.7. The molecular weight excluding hydrogens is 352 g/mol. The van der Waals surface area contributed by atoms with Crippen molar-refractivity contribution in [3.05, 3.63) is 77.1 Å². The first-order valence-corrected chi connectivity index (χ1v) is 7.84. The molecule has 2 N–H and O–H groups in total. The zero-order valence-electron chi connectivity index (χ0n) is 14.1. The molecule has 0 aliphatic carbocycles. The normalized spacial score (nSPS) is 10.1. The topological polar surface area (TPSA) is 90.7 Å². The van der Waals surface area contributed by atoms with Crippen molar-refractivity contribution in [1.82, 2.24) is 9.97 Å². The Morgan fingerprint density at radius 3 is 2.59 bits per heavy atom. The molecule has 1 aromatic heterocycles. The molecule has 0 atom stereocenters. The first kappa shape index (κ1) is 17.9. The molecule has 3 rings (SSSR count). The molecule has 0 fully saturated rings. The third kappa shape index (κ3) is 4.22. The van der Waals surface area contributed by atoms with Gasteiger partial charge in [0.05, 0.1) is 11.3 Å².